The molecule has 50 valence electrons. The molecule has 0 amide bonds. The maximum Gasteiger partial charge on any atom is 0.314 e. The third kappa shape index (κ3) is 1.22. The Hall–Kier alpha value is -1.00. The molecule has 9 heavy (non-hydrogen) atoms. The van der Waals surface area contributed by atoms with E-state index < -0.39 is 12.3 Å². The normalized spacial score (nSPS) is 10.7. The minimum atomic E-state index is -2.66. The van der Waals surface area contributed by atoms with E-state index >= 15 is 0 Å². The maximum atomic E-state index is 11.6. The fourth-order valence-electron chi connectivity index (χ4n) is 0.400. The number of rotatable bonds is 1. The third-order valence-corrected chi connectivity index (χ3v) is 0.728. The predicted molar refractivity (Wildman–Crippen MR) is 24.0 cm³/mol. The first-order valence-corrected chi connectivity index (χ1v) is 2.28. The molecule has 0 unspecified atom stereocenters. The summed E-state index contributed by atoms with van der Waals surface area (Å²) in [6, 6.07) is 0. The van der Waals surface area contributed by atoms with Gasteiger partial charge >= 0.3 is 6.43 Å². The molecule has 0 N–H and O–H groups in total. The summed E-state index contributed by atoms with van der Waals surface area (Å²) in [5, 5.41) is 6.29. The van der Waals surface area contributed by atoms with Gasteiger partial charge in [-0.25, -0.2) is 0 Å². The van der Waals surface area contributed by atoms with Crippen LogP contribution in [0.4, 0.5) is 8.78 Å². The average Bonchev–Trinajstić information content (AvgIpc) is 2.14. The zero-order valence-corrected chi connectivity index (χ0v) is 4.64. The minimum Gasteiger partial charge on any atom is -0.420 e. The highest BCUT2D eigenvalue weighted by atomic mass is 19.3. The number of nitrogens with zero attached hydrogens (tertiary/aromatic N) is 2. The van der Waals surface area contributed by atoms with Gasteiger partial charge in [-0.2, -0.15) is 8.78 Å². The number of aryl methyl sites for hydroxylation is 1. The third-order valence-electron chi connectivity index (χ3n) is 0.728. The van der Waals surface area contributed by atoms with Gasteiger partial charge in [0.15, 0.2) is 0 Å². The molecule has 0 atom stereocenters. The van der Waals surface area contributed by atoms with E-state index in [4.69, 9.17) is 0 Å². The van der Waals surface area contributed by atoms with Crippen molar-refractivity contribution < 1.29 is 13.2 Å². The van der Waals surface area contributed by atoms with Crippen LogP contribution in [0, 0.1) is 6.92 Å². The number of hydrogen-bond acceptors (Lipinski definition) is 3. The molecule has 0 aliphatic rings. The molecule has 1 aromatic heterocycles. The van der Waals surface area contributed by atoms with E-state index in [2.05, 4.69) is 14.6 Å². The van der Waals surface area contributed by atoms with Crippen LogP contribution in [0.5, 0.6) is 0 Å². The summed E-state index contributed by atoms with van der Waals surface area (Å²) < 4.78 is 27.5. The first-order valence-electron chi connectivity index (χ1n) is 2.28. The summed E-state index contributed by atoms with van der Waals surface area (Å²) in [5.74, 6) is -0.460. The lowest BCUT2D eigenvalue weighted by Gasteiger charge is -1.84. The number of aromatic nitrogens is 2. The van der Waals surface area contributed by atoms with Crippen molar-refractivity contribution in [3.8, 4) is 0 Å². The van der Waals surface area contributed by atoms with Gasteiger partial charge in [0.1, 0.15) is 0 Å². The van der Waals surface area contributed by atoms with Crippen molar-refractivity contribution in [2.45, 2.75) is 13.3 Å². The lowest BCUT2D eigenvalue weighted by atomic mass is 10.7. The van der Waals surface area contributed by atoms with Crippen LogP contribution in [0.15, 0.2) is 4.42 Å². The van der Waals surface area contributed by atoms with E-state index in [1.165, 1.54) is 6.92 Å². The highest BCUT2D eigenvalue weighted by molar-refractivity contribution is 4.78. The molecule has 0 saturated carbocycles. The van der Waals surface area contributed by atoms with E-state index in [1.54, 1.807) is 0 Å². The van der Waals surface area contributed by atoms with Crippen molar-refractivity contribution in [2.24, 2.45) is 0 Å². The highest BCUT2D eigenvalue weighted by Crippen LogP contribution is 2.15. The van der Waals surface area contributed by atoms with E-state index in [0.29, 0.717) is 0 Å². The minimum absolute atomic E-state index is 0.158. The fourth-order valence-corrected chi connectivity index (χ4v) is 0.400. The molecule has 0 aromatic carbocycles. The molecule has 1 heterocycles. The molecule has 0 aliphatic heterocycles. The highest BCUT2D eigenvalue weighted by Gasteiger charge is 2.13. The molecule has 0 aliphatic carbocycles. The first-order chi connectivity index (χ1) is 4.20. The van der Waals surface area contributed by atoms with E-state index in [9.17, 15) is 8.78 Å². The van der Waals surface area contributed by atoms with Crippen molar-refractivity contribution in [2.75, 3.05) is 0 Å². The summed E-state index contributed by atoms with van der Waals surface area (Å²) in [7, 11) is 0. The molecule has 0 bridgehead atoms. The quantitative estimate of drug-likeness (QED) is 0.581. The Morgan fingerprint density at radius 1 is 1.44 bits per heavy atom. The topological polar surface area (TPSA) is 38.9 Å². The van der Waals surface area contributed by atoms with Crippen LogP contribution in [0.3, 0.4) is 0 Å². The second-order valence-electron chi connectivity index (χ2n) is 1.46. The molecule has 0 fully saturated rings. The Labute approximate surface area is 49.7 Å². The second-order valence-corrected chi connectivity index (χ2v) is 1.46. The Morgan fingerprint density at radius 3 is 2.33 bits per heavy atom. The van der Waals surface area contributed by atoms with E-state index in [1.807, 2.05) is 0 Å². The van der Waals surface area contributed by atoms with Gasteiger partial charge in [-0.15, -0.1) is 10.2 Å². The Kier molecular flexibility index (Phi) is 1.42. The summed E-state index contributed by atoms with van der Waals surface area (Å²) in [6.45, 7) is 1.46. The van der Waals surface area contributed by atoms with Gasteiger partial charge in [0.2, 0.25) is 5.89 Å². The van der Waals surface area contributed by atoms with Crippen molar-refractivity contribution in [3.63, 3.8) is 0 Å². The standard InChI is InChI=1S/C4H4F2N2O/c1-2-7-8-4(9-2)3(5)6/h3H,1H3. The van der Waals surface area contributed by atoms with Crippen LogP contribution in [0.1, 0.15) is 18.2 Å². The SMILES string of the molecule is Cc1nnc(C(F)F)o1. The van der Waals surface area contributed by atoms with Gasteiger partial charge in [-0.1, -0.05) is 0 Å². The lowest BCUT2D eigenvalue weighted by Crippen LogP contribution is -1.81. The molecular weight excluding hydrogens is 130 g/mol. The van der Waals surface area contributed by atoms with Crippen LogP contribution in [-0.2, 0) is 0 Å². The fraction of sp³-hybridized carbons (Fsp3) is 0.500. The van der Waals surface area contributed by atoms with Gasteiger partial charge in [0.05, 0.1) is 0 Å². The summed E-state index contributed by atoms with van der Waals surface area (Å²) in [4.78, 5) is 0. The smallest absolute Gasteiger partial charge is 0.314 e. The molecule has 0 radical (unpaired) electrons. The van der Waals surface area contributed by atoms with Crippen molar-refractivity contribution >= 4 is 0 Å². The molecule has 0 saturated heterocycles. The molecule has 0 spiro atoms. The predicted octanol–water partition coefficient (Wildman–Crippen LogP) is 1.32. The van der Waals surface area contributed by atoms with Crippen LogP contribution in [0.2, 0.25) is 0 Å². The van der Waals surface area contributed by atoms with Gasteiger partial charge in [-0.3, -0.25) is 0 Å². The molecule has 5 heteroatoms. The Morgan fingerprint density at radius 2 is 2.11 bits per heavy atom. The molecule has 1 rings (SSSR count). The largest absolute Gasteiger partial charge is 0.420 e. The van der Waals surface area contributed by atoms with Gasteiger partial charge in [0.25, 0.3) is 5.89 Å². The van der Waals surface area contributed by atoms with Crippen LogP contribution >= 0.6 is 0 Å². The number of alkyl halides is 2. The van der Waals surface area contributed by atoms with E-state index in [0.717, 1.165) is 0 Å². The second kappa shape index (κ2) is 2.08. The summed E-state index contributed by atoms with van der Waals surface area (Å²) >= 11 is 0. The van der Waals surface area contributed by atoms with Gasteiger partial charge < -0.3 is 4.42 Å². The molecule has 3 nitrogen and oxygen atoms in total. The summed E-state index contributed by atoms with van der Waals surface area (Å²) in [5.41, 5.74) is 0. The van der Waals surface area contributed by atoms with E-state index in [-0.39, 0.29) is 5.89 Å². The van der Waals surface area contributed by atoms with Crippen molar-refractivity contribution in [1.29, 1.82) is 0 Å². The van der Waals surface area contributed by atoms with Gasteiger partial charge in [0, 0.05) is 6.92 Å². The Bertz CT molecular complexity index is 198. The van der Waals surface area contributed by atoms with Crippen LogP contribution < -0.4 is 0 Å². The van der Waals surface area contributed by atoms with Crippen molar-refractivity contribution in [1.82, 2.24) is 10.2 Å². The zero-order valence-electron chi connectivity index (χ0n) is 4.64. The van der Waals surface area contributed by atoms with Crippen LogP contribution in [0.25, 0.3) is 0 Å². The number of halogens is 2. The molecular formula is C4H4F2N2O. The van der Waals surface area contributed by atoms with Crippen LogP contribution in [-0.4, -0.2) is 10.2 Å². The number of hydrogen-bond donors (Lipinski definition) is 0. The maximum absolute atomic E-state index is 11.6. The average molecular weight is 134 g/mol. The van der Waals surface area contributed by atoms with Gasteiger partial charge in [-0.05, 0) is 0 Å². The zero-order chi connectivity index (χ0) is 6.85. The molecule has 1 aromatic rings. The Balaban J connectivity index is 2.85. The van der Waals surface area contributed by atoms with Crippen molar-refractivity contribution in [3.05, 3.63) is 11.8 Å². The summed E-state index contributed by atoms with van der Waals surface area (Å²) in [6.07, 6.45) is -2.66. The first kappa shape index (κ1) is 6.12. The monoisotopic (exact) mass is 134 g/mol. The lowest BCUT2D eigenvalue weighted by molar-refractivity contribution is 0.114.